The molecule has 1 aliphatic rings. The van der Waals surface area contributed by atoms with Crippen LogP contribution in [0.1, 0.15) is 49.4 Å². The van der Waals surface area contributed by atoms with Crippen LogP contribution < -0.4 is 5.32 Å². The zero-order valence-electron chi connectivity index (χ0n) is 19.7. The number of esters is 1. The lowest BCUT2D eigenvalue weighted by molar-refractivity contribution is -0.116. The second-order valence-electron chi connectivity index (χ2n) is 8.57. The molecule has 0 unspecified atom stereocenters. The third-order valence-electron chi connectivity index (χ3n) is 6.18. The van der Waals surface area contributed by atoms with Gasteiger partial charge in [0.2, 0.25) is 5.91 Å². The van der Waals surface area contributed by atoms with E-state index in [1.807, 2.05) is 35.7 Å². The summed E-state index contributed by atoms with van der Waals surface area (Å²) < 4.78 is 5.34. The molecule has 34 heavy (non-hydrogen) atoms. The molecule has 3 aromatic rings. The summed E-state index contributed by atoms with van der Waals surface area (Å²) in [4.78, 5) is 28.0. The van der Waals surface area contributed by atoms with Crippen molar-refractivity contribution in [3.8, 4) is 22.3 Å². The van der Waals surface area contributed by atoms with E-state index in [9.17, 15) is 9.59 Å². The number of nitrogens with one attached hydrogen (secondary N) is 1. The van der Waals surface area contributed by atoms with Crippen LogP contribution >= 0.6 is 11.3 Å². The minimum absolute atomic E-state index is 0.0670. The molecule has 1 saturated heterocycles. The fourth-order valence-electron chi connectivity index (χ4n) is 4.35. The number of benzene rings is 2. The van der Waals surface area contributed by atoms with Crippen LogP contribution in [0.2, 0.25) is 0 Å². The summed E-state index contributed by atoms with van der Waals surface area (Å²) in [6, 6.07) is 18.3. The number of ether oxygens (including phenoxy) is 1. The highest BCUT2D eigenvalue weighted by molar-refractivity contribution is 7.15. The van der Waals surface area contributed by atoms with E-state index >= 15 is 0 Å². The first-order valence-corrected chi connectivity index (χ1v) is 13.0. The number of anilines is 1. The molecule has 0 saturated carbocycles. The fourth-order valence-corrected chi connectivity index (χ4v) is 5.32. The normalized spacial score (nSPS) is 14.4. The van der Waals surface area contributed by atoms with E-state index in [1.165, 1.54) is 37.0 Å². The number of carbonyl (C=O) groups excluding carboxylic acids is 2. The second-order valence-corrected chi connectivity index (χ2v) is 9.45. The van der Waals surface area contributed by atoms with Crippen molar-refractivity contribution in [3.05, 3.63) is 65.5 Å². The first kappa shape index (κ1) is 24.2. The number of thiophene rings is 1. The lowest BCUT2D eigenvalue weighted by Crippen LogP contribution is -2.28. The lowest BCUT2D eigenvalue weighted by atomic mass is 9.99. The second kappa shape index (κ2) is 12.0. The first-order valence-electron chi connectivity index (χ1n) is 12.1. The smallest absolute Gasteiger partial charge is 0.341 e. The van der Waals surface area contributed by atoms with Crippen LogP contribution in [-0.2, 0) is 9.53 Å². The van der Waals surface area contributed by atoms with Gasteiger partial charge >= 0.3 is 5.97 Å². The highest BCUT2D eigenvalue weighted by Gasteiger charge is 2.23. The van der Waals surface area contributed by atoms with Crippen LogP contribution in [0, 0.1) is 0 Å². The Kier molecular flexibility index (Phi) is 8.50. The van der Waals surface area contributed by atoms with Gasteiger partial charge in [-0.1, -0.05) is 67.4 Å². The van der Waals surface area contributed by atoms with Crippen molar-refractivity contribution >= 4 is 28.2 Å². The van der Waals surface area contributed by atoms with E-state index in [4.69, 9.17) is 4.74 Å². The molecule has 4 rings (SSSR count). The molecule has 2 heterocycles. The van der Waals surface area contributed by atoms with Gasteiger partial charge in [0.25, 0.3) is 0 Å². The maximum atomic E-state index is 12.9. The van der Waals surface area contributed by atoms with Crippen molar-refractivity contribution in [3.63, 3.8) is 0 Å². The van der Waals surface area contributed by atoms with Crippen molar-refractivity contribution in [2.24, 2.45) is 0 Å². The van der Waals surface area contributed by atoms with E-state index in [0.717, 1.165) is 41.9 Å². The molecule has 1 aliphatic heterocycles. The molecular formula is C28H32N2O3S. The third kappa shape index (κ3) is 6.13. The summed E-state index contributed by atoms with van der Waals surface area (Å²) >= 11 is 1.37. The summed E-state index contributed by atoms with van der Waals surface area (Å²) in [5, 5.41) is 5.47. The largest absolute Gasteiger partial charge is 0.462 e. The van der Waals surface area contributed by atoms with Gasteiger partial charge in [-0.2, -0.15) is 0 Å². The van der Waals surface area contributed by atoms with Gasteiger partial charge in [0.05, 0.1) is 6.61 Å². The summed E-state index contributed by atoms with van der Waals surface area (Å²) in [6.45, 7) is 4.94. The standard InChI is InChI=1S/C28H32N2O3S/c1-2-33-28(32)26-24(23-14-12-22(13-15-23)21-10-6-5-7-11-21)20-34-27(26)29-25(31)16-19-30-17-8-3-4-9-18-30/h5-7,10-15,20H,2-4,8-9,16-19H2,1H3,(H,29,31). The van der Waals surface area contributed by atoms with Crippen molar-refractivity contribution in [2.45, 2.75) is 39.0 Å². The maximum Gasteiger partial charge on any atom is 0.341 e. The SMILES string of the molecule is CCOC(=O)c1c(-c2ccc(-c3ccccc3)cc2)csc1NC(=O)CCN1CCCCCC1. The number of nitrogens with zero attached hydrogens (tertiary/aromatic N) is 1. The van der Waals surface area contributed by atoms with E-state index in [1.54, 1.807) is 6.92 Å². The first-order chi connectivity index (χ1) is 16.7. The van der Waals surface area contributed by atoms with E-state index in [0.29, 0.717) is 17.0 Å². The highest BCUT2D eigenvalue weighted by atomic mass is 32.1. The lowest BCUT2D eigenvalue weighted by Gasteiger charge is -2.19. The van der Waals surface area contributed by atoms with E-state index < -0.39 is 5.97 Å². The Labute approximate surface area is 205 Å². The topological polar surface area (TPSA) is 58.6 Å². The molecular weight excluding hydrogens is 444 g/mol. The average Bonchev–Trinajstić information content (AvgIpc) is 3.09. The minimum Gasteiger partial charge on any atom is -0.462 e. The van der Waals surface area contributed by atoms with E-state index in [-0.39, 0.29) is 12.5 Å². The Balaban J connectivity index is 1.50. The molecule has 0 bridgehead atoms. The van der Waals surface area contributed by atoms with Crippen molar-refractivity contribution in [1.82, 2.24) is 4.90 Å². The molecule has 0 atom stereocenters. The summed E-state index contributed by atoms with van der Waals surface area (Å²) in [7, 11) is 0. The summed E-state index contributed by atoms with van der Waals surface area (Å²) in [5.41, 5.74) is 4.39. The molecule has 0 aliphatic carbocycles. The summed E-state index contributed by atoms with van der Waals surface area (Å²) in [6.07, 6.45) is 5.37. The van der Waals surface area contributed by atoms with E-state index in [2.05, 4.69) is 34.5 Å². The molecule has 2 aromatic carbocycles. The minimum atomic E-state index is -0.409. The van der Waals surface area contributed by atoms with Crippen LogP contribution in [0.25, 0.3) is 22.3 Å². The van der Waals surface area contributed by atoms with Gasteiger partial charge in [0.15, 0.2) is 0 Å². The van der Waals surface area contributed by atoms with Crippen LogP contribution in [0.3, 0.4) is 0 Å². The molecule has 1 aromatic heterocycles. The number of carbonyl (C=O) groups is 2. The molecule has 1 N–H and O–H groups in total. The average molecular weight is 477 g/mol. The van der Waals surface area contributed by atoms with Gasteiger partial charge in [-0.05, 0) is 49.5 Å². The quantitative estimate of drug-likeness (QED) is 0.379. The molecule has 6 heteroatoms. The predicted octanol–water partition coefficient (Wildman–Crippen LogP) is 6.46. The maximum absolute atomic E-state index is 12.9. The Hall–Kier alpha value is -2.96. The number of hydrogen-bond acceptors (Lipinski definition) is 5. The van der Waals surface area contributed by atoms with Crippen LogP contribution in [0.15, 0.2) is 60.0 Å². The van der Waals surface area contributed by atoms with Crippen molar-refractivity contribution in [1.29, 1.82) is 0 Å². The highest BCUT2D eigenvalue weighted by Crippen LogP contribution is 2.37. The van der Waals surface area contributed by atoms with Crippen molar-refractivity contribution in [2.75, 3.05) is 31.6 Å². The fraction of sp³-hybridized carbons (Fsp3) is 0.357. The summed E-state index contributed by atoms with van der Waals surface area (Å²) in [5.74, 6) is -0.476. The van der Waals surface area contributed by atoms with Gasteiger partial charge in [0.1, 0.15) is 10.6 Å². The molecule has 0 radical (unpaired) electrons. The molecule has 1 fully saturated rings. The molecule has 0 spiro atoms. The Morgan fingerprint density at radius 1 is 0.912 bits per heavy atom. The van der Waals surface area contributed by atoms with Crippen LogP contribution in [0.5, 0.6) is 0 Å². The monoisotopic (exact) mass is 476 g/mol. The molecule has 5 nitrogen and oxygen atoms in total. The van der Waals surface area contributed by atoms with Crippen molar-refractivity contribution < 1.29 is 14.3 Å². The third-order valence-corrected chi connectivity index (χ3v) is 7.08. The zero-order chi connectivity index (χ0) is 23.8. The van der Waals surface area contributed by atoms with Gasteiger partial charge < -0.3 is 15.0 Å². The Morgan fingerprint density at radius 2 is 1.56 bits per heavy atom. The van der Waals surface area contributed by atoms with Gasteiger partial charge in [0, 0.05) is 23.9 Å². The van der Waals surface area contributed by atoms with Crippen LogP contribution in [0.4, 0.5) is 5.00 Å². The Bertz CT molecular complexity index is 1080. The van der Waals surface area contributed by atoms with Gasteiger partial charge in [-0.15, -0.1) is 11.3 Å². The molecule has 178 valence electrons. The number of hydrogen-bond donors (Lipinski definition) is 1. The molecule has 1 amide bonds. The van der Waals surface area contributed by atoms with Crippen LogP contribution in [-0.4, -0.2) is 43.0 Å². The Morgan fingerprint density at radius 3 is 2.24 bits per heavy atom. The number of amides is 1. The predicted molar refractivity (Wildman–Crippen MR) is 139 cm³/mol. The zero-order valence-corrected chi connectivity index (χ0v) is 20.5. The van der Waals surface area contributed by atoms with Gasteiger partial charge in [-0.25, -0.2) is 4.79 Å². The number of rotatable bonds is 8. The number of likely N-dealkylation sites (tertiary alicyclic amines) is 1. The van der Waals surface area contributed by atoms with Gasteiger partial charge in [-0.3, -0.25) is 4.79 Å².